The van der Waals surface area contributed by atoms with Crippen LogP contribution in [0.3, 0.4) is 0 Å². The highest BCUT2D eigenvalue weighted by atomic mass is 32.1. The Morgan fingerprint density at radius 1 is 1.36 bits per heavy atom. The van der Waals surface area contributed by atoms with Crippen molar-refractivity contribution >= 4 is 28.2 Å². The molecule has 1 atom stereocenters. The van der Waals surface area contributed by atoms with Gasteiger partial charge in [-0.05, 0) is 38.9 Å². The quantitative estimate of drug-likeness (QED) is 0.775. The predicted octanol–water partition coefficient (Wildman–Crippen LogP) is 1.95. The van der Waals surface area contributed by atoms with E-state index in [0.29, 0.717) is 6.04 Å². The number of halogens is 1. The Morgan fingerprint density at radius 3 is 3.04 bits per heavy atom. The minimum Gasteiger partial charge on any atom is -0.385 e. The van der Waals surface area contributed by atoms with E-state index in [1.807, 2.05) is 6.20 Å². The number of hydrogen-bond donors (Lipinski definition) is 1. The summed E-state index contributed by atoms with van der Waals surface area (Å²) in [5.41, 5.74) is 2.28. The van der Waals surface area contributed by atoms with Crippen LogP contribution in [-0.4, -0.2) is 61.2 Å². The number of hydrogen-bond acceptors (Lipinski definition) is 6. The van der Waals surface area contributed by atoms with Crippen LogP contribution in [0.5, 0.6) is 0 Å². The molecule has 0 saturated carbocycles. The summed E-state index contributed by atoms with van der Waals surface area (Å²) in [6, 6.07) is 4.24. The van der Waals surface area contributed by atoms with E-state index in [4.69, 9.17) is 4.74 Å². The van der Waals surface area contributed by atoms with Gasteiger partial charge in [0, 0.05) is 61.3 Å². The molecule has 5 nitrogen and oxygen atoms in total. The number of nitrogens with zero attached hydrogens (tertiary/aromatic N) is 3. The summed E-state index contributed by atoms with van der Waals surface area (Å²) in [4.78, 5) is 10.6. The first-order valence-electron chi connectivity index (χ1n) is 9.74. The van der Waals surface area contributed by atoms with Gasteiger partial charge in [-0.1, -0.05) is 0 Å². The lowest BCUT2D eigenvalue weighted by Gasteiger charge is -2.41. The van der Waals surface area contributed by atoms with Gasteiger partial charge in [-0.15, -0.1) is 11.3 Å². The first-order valence-corrected chi connectivity index (χ1v) is 10.6. The molecule has 2 aliphatic rings. The Balaban J connectivity index is 1.77. The monoisotopic (exact) mass is 402 g/mol. The molecule has 7 heteroatoms. The first-order chi connectivity index (χ1) is 13.6. The molecule has 2 aromatic rings. The van der Waals surface area contributed by atoms with E-state index in [-0.39, 0.29) is 5.82 Å². The summed E-state index contributed by atoms with van der Waals surface area (Å²) in [6.07, 6.45) is 5.34. The molecule has 0 spiro atoms. The van der Waals surface area contributed by atoms with Gasteiger partial charge in [0.2, 0.25) is 0 Å². The maximum atomic E-state index is 13.9. The molecule has 1 saturated heterocycles. The fourth-order valence-corrected chi connectivity index (χ4v) is 4.96. The lowest BCUT2D eigenvalue weighted by atomic mass is 10.0. The van der Waals surface area contributed by atoms with E-state index in [1.165, 1.54) is 11.1 Å². The topological polar surface area (TPSA) is 40.6 Å². The molecule has 150 valence electrons. The van der Waals surface area contributed by atoms with Crippen molar-refractivity contribution in [2.75, 3.05) is 45.7 Å². The molecular formula is C21H27FN4OS. The number of aryl methyl sites for hydroxylation is 1. The Labute approximate surface area is 169 Å². The minimum absolute atomic E-state index is 0.312. The van der Waals surface area contributed by atoms with Crippen LogP contribution in [0.25, 0.3) is 11.9 Å². The third-order valence-electron chi connectivity index (χ3n) is 5.56. The molecule has 0 amide bonds. The predicted molar refractivity (Wildman–Crippen MR) is 112 cm³/mol. The van der Waals surface area contributed by atoms with Crippen LogP contribution >= 0.6 is 11.3 Å². The molecule has 0 radical (unpaired) electrons. The summed E-state index contributed by atoms with van der Waals surface area (Å²) in [5.74, 6) is -0.312. The van der Waals surface area contributed by atoms with Crippen LogP contribution in [0.4, 0.5) is 9.39 Å². The number of piperazine rings is 1. The number of pyridine rings is 1. The van der Waals surface area contributed by atoms with Gasteiger partial charge in [0.05, 0.1) is 17.2 Å². The van der Waals surface area contributed by atoms with Crippen molar-refractivity contribution in [1.29, 1.82) is 0 Å². The molecule has 0 aliphatic carbocycles. The summed E-state index contributed by atoms with van der Waals surface area (Å²) in [6.45, 7) is 5.77. The summed E-state index contributed by atoms with van der Waals surface area (Å²) < 4.78 is 19.1. The van der Waals surface area contributed by atoms with Gasteiger partial charge in [0.25, 0.3) is 0 Å². The summed E-state index contributed by atoms with van der Waals surface area (Å²) >= 11 is 1.73. The van der Waals surface area contributed by atoms with E-state index < -0.39 is 0 Å². The number of methoxy groups -OCH3 is 1. The minimum atomic E-state index is -0.312. The van der Waals surface area contributed by atoms with Gasteiger partial charge >= 0.3 is 0 Å². The third-order valence-corrected chi connectivity index (χ3v) is 6.54. The largest absolute Gasteiger partial charge is 0.385 e. The van der Waals surface area contributed by atoms with Gasteiger partial charge in [-0.3, -0.25) is 9.88 Å². The van der Waals surface area contributed by atoms with Crippen LogP contribution in [-0.2, 0) is 4.74 Å². The number of anilines is 1. The fourth-order valence-electron chi connectivity index (χ4n) is 4.08. The first kappa shape index (κ1) is 19.4. The molecular weight excluding hydrogens is 375 g/mol. The second-order valence-electron chi connectivity index (χ2n) is 7.54. The fraction of sp³-hybridized carbons (Fsp3) is 0.476. The van der Waals surface area contributed by atoms with E-state index in [9.17, 15) is 4.39 Å². The van der Waals surface area contributed by atoms with Gasteiger partial charge in [-0.2, -0.15) is 0 Å². The lowest BCUT2D eigenvalue weighted by Crippen LogP contribution is -2.52. The number of nitrogens with one attached hydrogen (secondary N) is 1. The van der Waals surface area contributed by atoms with Crippen LogP contribution < -0.4 is 15.9 Å². The van der Waals surface area contributed by atoms with Crippen LogP contribution in [0.2, 0.25) is 0 Å². The summed E-state index contributed by atoms with van der Waals surface area (Å²) in [7, 11) is 3.95. The van der Waals surface area contributed by atoms with Crippen molar-refractivity contribution < 1.29 is 9.13 Å². The number of fused-ring (bicyclic) bond motifs is 2. The second kappa shape index (κ2) is 8.19. The van der Waals surface area contributed by atoms with Gasteiger partial charge in [-0.25, -0.2) is 4.39 Å². The highest BCUT2D eigenvalue weighted by molar-refractivity contribution is 7.16. The Morgan fingerprint density at radius 2 is 2.21 bits per heavy atom. The maximum absolute atomic E-state index is 13.9. The maximum Gasteiger partial charge on any atom is 0.142 e. The van der Waals surface area contributed by atoms with E-state index in [0.717, 1.165) is 65.9 Å². The van der Waals surface area contributed by atoms with Crippen molar-refractivity contribution in [3.8, 4) is 0 Å². The second-order valence-corrected chi connectivity index (χ2v) is 8.80. The number of thiophene rings is 1. The van der Waals surface area contributed by atoms with Gasteiger partial charge in [0.15, 0.2) is 0 Å². The third kappa shape index (κ3) is 3.79. The Bertz CT molecular complexity index is 973. The van der Waals surface area contributed by atoms with Crippen molar-refractivity contribution in [3.63, 3.8) is 0 Å². The Hall–Kier alpha value is -1.96. The number of aromatic nitrogens is 1. The van der Waals surface area contributed by atoms with Gasteiger partial charge in [0.1, 0.15) is 10.8 Å². The Kier molecular flexibility index (Phi) is 5.66. The zero-order valence-corrected chi connectivity index (χ0v) is 17.5. The molecule has 0 aromatic carbocycles. The van der Waals surface area contributed by atoms with Crippen molar-refractivity contribution in [1.82, 2.24) is 14.8 Å². The number of rotatable bonds is 5. The average molecular weight is 403 g/mol. The molecule has 4 rings (SSSR count). The van der Waals surface area contributed by atoms with Crippen LogP contribution in [0.15, 0.2) is 18.3 Å². The highest BCUT2D eigenvalue weighted by Gasteiger charge is 2.28. The molecule has 4 heterocycles. The average Bonchev–Trinajstić information content (AvgIpc) is 2.97. The van der Waals surface area contributed by atoms with Crippen LogP contribution in [0, 0.1) is 12.7 Å². The van der Waals surface area contributed by atoms with Crippen LogP contribution in [0.1, 0.15) is 23.3 Å². The molecule has 2 aromatic heterocycles. The zero-order chi connectivity index (χ0) is 19.7. The van der Waals surface area contributed by atoms with E-state index in [1.54, 1.807) is 24.5 Å². The molecule has 0 bridgehead atoms. The molecule has 1 unspecified atom stereocenters. The number of ether oxygens (including phenoxy) is 1. The summed E-state index contributed by atoms with van der Waals surface area (Å²) in [5, 5.41) is 6.12. The normalized spacial score (nSPS) is 19.5. The van der Waals surface area contributed by atoms with E-state index >= 15 is 0 Å². The number of likely N-dealkylation sites (N-methyl/N-ethyl adjacent to an activating group) is 1. The zero-order valence-electron chi connectivity index (χ0n) is 16.7. The van der Waals surface area contributed by atoms with Crippen molar-refractivity contribution in [3.05, 3.63) is 45.2 Å². The molecule has 2 aliphatic heterocycles. The highest BCUT2D eigenvalue weighted by Crippen LogP contribution is 2.35. The van der Waals surface area contributed by atoms with Crippen molar-refractivity contribution in [2.45, 2.75) is 25.8 Å². The smallest absolute Gasteiger partial charge is 0.142 e. The van der Waals surface area contributed by atoms with E-state index in [2.05, 4.69) is 40.1 Å². The lowest BCUT2D eigenvalue weighted by molar-refractivity contribution is 0.114. The molecule has 1 fully saturated rings. The standard InChI is InChI=1S/C21H27FN4OS/c1-14-9-18-20(26-7-6-25(2)17(13-26)5-4-8-27-3)19-15(10-16(22)12-23-19)11-24-21(18)28-14/h9-12,17,24H,4-8,13H2,1-3H3. The molecule has 28 heavy (non-hydrogen) atoms. The molecule has 1 N–H and O–H groups in total. The van der Waals surface area contributed by atoms with Gasteiger partial charge < -0.3 is 15.0 Å². The van der Waals surface area contributed by atoms with Crippen molar-refractivity contribution in [2.24, 2.45) is 0 Å². The SMILES string of the molecule is COCCCC1CN(C2=c3ncc(F)cc3=CNc3sc(C)cc32)CCN1C.